The zero-order valence-electron chi connectivity index (χ0n) is 19.3. The van der Waals surface area contributed by atoms with Crippen molar-refractivity contribution in [3.8, 4) is 0 Å². The predicted octanol–water partition coefficient (Wildman–Crippen LogP) is 3.64. The minimum atomic E-state index is -0.919. The number of rotatable bonds is 7. The molecule has 1 saturated heterocycles. The molecule has 1 atom stereocenters. The summed E-state index contributed by atoms with van der Waals surface area (Å²) in [6.45, 7) is 2.04. The number of benzene rings is 1. The Kier molecular flexibility index (Phi) is 7.40. The van der Waals surface area contributed by atoms with Crippen LogP contribution in [0.3, 0.4) is 0 Å². The fraction of sp³-hybridized carbons (Fsp3) is 0.600. The van der Waals surface area contributed by atoms with Crippen LogP contribution in [-0.4, -0.2) is 51.7 Å². The summed E-state index contributed by atoms with van der Waals surface area (Å²) in [5, 5.41) is 4.36. The first kappa shape index (κ1) is 23.4. The Morgan fingerprint density at radius 2 is 1.85 bits per heavy atom. The summed E-state index contributed by atoms with van der Waals surface area (Å²) in [4.78, 5) is 31.8. The molecular formula is C25H33FN4O3. The minimum Gasteiger partial charge on any atom is -0.468 e. The minimum absolute atomic E-state index is 0.0859. The number of ether oxygens (including phenoxy) is 1. The number of halogens is 1. The summed E-state index contributed by atoms with van der Waals surface area (Å²) in [6, 6.07) is 5.91. The van der Waals surface area contributed by atoms with Gasteiger partial charge >= 0.3 is 5.97 Å². The first-order valence-corrected chi connectivity index (χ1v) is 11.9. The Balaban J connectivity index is 1.47. The molecule has 1 unspecified atom stereocenters. The van der Waals surface area contributed by atoms with Crippen molar-refractivity contribution in [1.29, 1.82) is 0 Å². The fourth-order valence-electron chi connectivity index (χ4n) is 5.71. The number of methoxy groups -OCH3 is 1. The second kappa shape index (κ2) is 10.4. The highest BCUT2D eigenvalue weighted by Gasteiger charge is 2.44. The smallest absolute Gasteiger partial charge is 0.318 e. The van der Waals surface area contributed by atoms with Crippen LogP contribution in [-0.2, 0) is 27.3 Å². The van der Waals surface area contributed by atoms with Gasteiger partial charge < -0.3 is 9.64 Å². The molecule has 2 fully saturated rings. The average molecular weight is 457 g/mol. The maximum Gasteiger partial charge on any atom is 0.318 e. The van der Waals surface area contributed by atoms with Crippen molar-refractivity contribution in [3.05, 3.63) is 48.3 Å². The van der Waals surface area contributed by atoms with Crippen molar-refractivity contribution in [3.63, 3.8) is 0 Å². The van der Waals surface area contributed by atoms with Crippen LogP contribution in [0.15, 0.2) is 36.9 Å². The number of esters is 1. The summed E-state index contributed by atoms with van der Waals surface area (Å²) < 4.78 is 20.2. The third-order valence-electron chi connectivity index (χ3n) is 7.62. The zero-order chi connectivity index (χ0) is 23.3. The highest BCUT2D eigenvalue weighted by Crippen LogP contribution is 2.47. The molecule has 2 aliphatic rings. The molecule has 1 aromatic carbocycles. The average Bonchev–Trinajstić information content (AvgIpc) is 3.36. The van der Waals surface area contributed by atoms with Crippen molar-refractivity contribution in [1.82, 2.24) is 19.7 Å². The number of piperidine rings is 1. The molecule has 178 valence electrons. The summed E-state index contributed by atoms with van der Waals surface area (Å²) in [5.41, 5.74) is 0.822. The summed E-state index contributed by atoms with van der Waals surface area (Å²) in [5.74, 6) is -1.40. The van der Waals surface area contributed by atoms with E-state index in [0.717, 1.165) is 24.9 Å². The predicted molar refractivity (Wildman–Crippen MR) is 120 cm³/mol. The van der Waals surface area contributed by atoms with Crippen LogP contribution < -0.4 is 0 Å². The molecule has 1 aliphatic heterocycles. The van der Waals surface area contributed by atoms with Crippen molar-refractivity contribution < 1.29 is 18.7 Å². The molecule has 0 bridgehead atoms. The maximum atomic E-state index is 13.4. The third-order valence-corrected chi connectivity index (χ3v) is 7.62. The zero-order valence-corrected chi connectivity index (χ0v) is 19.3. The van der Waals surface area contributed by atoms with Gasteiger partial charge in [-0.15, -0.1) is 0 Å². The van der Waals surface area contributed by atoms with E-state index in [-0.39, 0.29) is 23.6 Å². The van der Waals surface area contributed by atoms with Crippen LogP contribution in [0.25, 0.3) is 0 Å². The van der Waals surface area contributed by atoms with Gasteiger partial charge in [0.1, 0.15) is 24.4 Å². The molecule has 1 aromatic heterocycles. The van der Waals surface area contributed by atoms with E-state index in [1.807, 2.05) is 9.58 Å². The van der Waals surface area contributed by atoms with Crippen LogP contribution in [0.2, 0.25) is 0 Å². The van der Waals surface area contributed by atoms with E-state index < -0.39 is 11.9 Å². The van der Waals surface area contributed by atoms with E-state index in [9.17, 15) is 14.0 Å². The molecular weight excluding hydrogens is 423 g/mol. The summed E-state index contributed by atoms with van der Waals surface area (Å²) >= 11 is 0. The standard InChI is InChI=1S/C25H33FN4O3/c1-33-24(32)22(15-19-7-9-21(26)10-8-19)23(31)29-13-11-25(12-14-29,16-30-18-27-17-28-30)20-5-3-2-4-6-20/h7-10,17-18,20,22H,2-6,11-16H2,1H3. The quantitative estimate of drug-likeness (QED) is 0.470. The van der Waals surface area contributed by atoms with Crippen molar-refractivity contribution in [2.75, 3.05) is 20.2 Å². The third kappa shape index (κ3) is 5.42. The lowest BCUT2D eigenvalue weighted by Gasteiger charge is -2.48. The van der Waals surface area contributed by atoms with Gasteiger partial charge in [-0.3, -0.25) is 14.3 Å². The lowest BCUT2D eigenvalue weighted by atomic mass is 9.63. The monoisotopic (exact) mass is 456 g/mol. The number of hydrogen-bond acceptors (Lipinski definition) is 5. The molecule has 0 radical (unpaired) electrons. The van der Waals surface area contributed by atoms with Crippen molar-refractivity contribution in [2.24, 2.45) is 17.3 Å². The molecule has 4 rings (SSSR count). The molecule has 7 nitrogen and oxygen atoms in total. The first-order chi connectivity index (χ1) is 16.0. The van der Waals surface area contributed by atoms with Gasteiger partial charge in [0.15, 0.2) is 0 Å². The molecule has 1 amide bonds. The molecule has 2 heterocycles. The second-order valence-corrected chi connectivity index (χ2v) is 9.52. The van der Waals surface area contributed by atoms with Crippen LogP contribution in [0.1, 0.15) is 50.5 Å². The Morgan fingerprint density at radius 3 is 2.45 bits per heavy atom. The lowest BCUT2D eigenvalue weighted by Crippen LogP contribution is -2.51. The van der Waals surface area contributed by atoms with Gasteiger partial charge in [-0.2, -0.15) is 5.10 Å². The molecule has 1 aliphatic carbocycles. The van der Waals surface area contributed by atoms with Gasteiger partial charge in [-0.1, -0.05) is 31.4 Å². The van der Waals surface area contributed by atoms with Crippen LogP contribution in [0.5, 0.6) is 0 Å². The number of likely N-dealkylation sites (tertiary alicyclic amines) is 1. The summed E-state index contributed by atoms with van der Waals surface area (Å²) in [6.07, 6.45) is 11.6. The van der Waals surface area contributed by atoms with Crippen LogP contribution in [0.4, 0.5) is 4.39 Å². The van der Waals surface area contributed by atoms with E-state index in [2.05, 4.69) is 10.1 Å². The molecule has 33 heavy (non-hydrogen) atoms. The highest BCUT2D eigenvalue weighted by molar-refractivity contribution is 5.98. The highest BCUT2D eigenvalue weighted by atomic mass is 19.1. The lowest BCUT2D eigenvalue weighted by molar-refractivity contribution is -0.155. The largest absolute Gasteiger partial charge is 0.468 e. The van der Waals surface area contributed by atoms with Crippen molar-refractivity contribution >= 4 is 11.9 Å². The molecule has 1 saturated carbocycles. The topological polar surface area (TPSA) is 77.3 Å². The maximum absolute atomic E-state index is 13.4. The Bertz CT molecular complexity index is 918. The van der Waals surface area contributed by atoms with E-state index >= 15 is 0 Å². The Morgan fingerprint density at radius 1 is 1.15 bits per heavy atom. The fourth-order valence-corrected chi connectivity index (χ4v) is 5.71. The number of aromatic nitrogens is 3. The first-order valence-electron chi connectivity index (χ1n) is 11.9. The number of carbonyl (C=O) groups excluding carboxylic acids is 2. The van der Waals surface area contributed by atoms with E-state index in [1.54, 1.807) is 24.8 Å². The number of amides is 1. The Hall–Kier alpha value is -2.77. The number of carbonyl (C=O) groups is 2. The van der Waals surface area contributed by atoms with Gasteiger partial charge in [-0.25, -0.2) is 9.37 Å². The van der Waals surface area contributed by atoms with E-state index in [1.165, 1.54) is 51.3 Å². The molecule has 2 aromatic rings. The van der Waals surface area contributed by atoms with Gasteiger partial charge in [0.25, 0.3) is 0 Å². The Labute approximate surface area is 194 Å². The molecule has 0 N–H and O–H groups in total. The number of nitrogens with zero attached hydrogens (tertiary/aromatic N) is 4. The SMILES string of the molecule is COC(=O)C(Cc1ccc(F)cc1)C(=O)N1CCC(Cn2cncn2)(C2CCCCC2)CC1. The van der Waals surface area contributed by atoms with Crippen molar-refractivity contribution in [2.45, 2.75) is 57.9 Å². The molecule has 0 spiro atoms. The van der Waals surface area contributed by atoms with E-state index in [4.69, 9.17) is 4.74 Å². The van der Waals surface area contributed by atoms with Gasteiger partial charge in [0, 0.05) is 19.6 Å². The van der Waals surface area contributed by atoms with Gasteiger partial charge in [-0.05, 0) is 61.1 Å². The van der Waals surface area contributed by atoms with Crippen LogP contribution >= 0.6 is 0 Å². The number of hydrogen-bond donors (Lipinski definition) is 0. The summed E-state index contributed by atoms with van der Waals surface area (Å²) in [7, 11) is 1.30. The van der Waals surface area contributed by atoms with Gasteiger partial charge in [0.05, 0.1) is 7.11 Å². The molecule has 8 heteroatoms. The van der Waals surface area contributed by atoms with Gasteiger partial charge in [0.2, 0.25) is 5.91 Å². The normalized spacial score (nSPS) is 19.8. The second-order valence-electron chi connectivity index (χ2n) is 9.52. The van der Waals surface area contributed by atoms with E-state index in [0.29, 0.717) is 19.0 Å². The van der Waals surface area contributed by atoms with Crippen LogP contribution in [0, 0.1) is 23.1 Å².